The summed E-state index contributed by atoms with van der Waals surface area (Å²) < 4.78 is 13.2. The van der Waals surface area contributed by atoms with E-state index in [9.17, 15) is 9.18 Å². The second-order valence-corrected chi connectivity index (χ2v) is 6.00. The molecule has 3 heteroatoms. The average molecular weight is 319 g/mol. The fraction of sp³-hybridized carbons (Fsp3) is 0.143. The molecule has 0 aliphatic rings. The van der Waals surface area contributed by atoms with Crippen LogP contribution in [0, 0.1) is 5.82 Å². The van der Waals surface area contributed by atoms with Crippen molar-refractivity contribution < 1.29 is 9.18 Å². The van der Waals surface area contributed by atoms with Gasteiger partial charge in [0.2, 0.25) is 0 Å². The van der Waals surface area contributed by atoms with Crippen LogP contribution in [0.4, 0.5) is 4.39 Å². The highest BCUT2D eigenvalue weighted by Crippen LogP contribution is 2.31. The highest BCUT2D eigenvalue weighted by atomic mass is 19.1. The Hall–Kier alpha value is -2.81. The predicted octanol–water partition coefficient (Wildman–Crippen LogP) is 5.49. The number of hydrogen-bond acceptors (Lipinski definition) is 2. The van der Waals surface area contributed by atoms with Gasteiger partial charge in [-0.15, -0.1) is 0 Å². The molecule has 0 aliphatic heterocycles. The molecule has 2 aromatic carbocycles. The van der Waals surface area contributed by atoms with Crippen molar-refractivity contribution >= 4 is 6.29 Å². The van der Waals surface area contributed by atoms with Crippen LogP contribution in [0.15, 0.2) is 60.7 Å². The largest absolute Gasteiger partial charge is 0.298 e. The van der Waals surface area contributed by atoms with E-state index in [1.54, 1.807) is 12.1 Å². The van der Waals surface area contributed by atoms with Gasteiger partial charge in [0.1, 0.15) is 5.82 Å². The lowest BCUT2D eigenvalue weighted by molar-refractivity contribution is 0.112. The fourth-order valence-corrected chi connectivity index (χ4v) is 2.76. The van der Waals surface area contributed by atoms with Gasteiger partial charge < -0.3 is 0 Å². The van der Waals surface area contributed by atoms with E-state index in [1.165, 1.54) is 12.1 Å². The zero-order valence-corrected chi connectivity index (χ0v) is 13.7. The zero-order valence-electron chi connectivity index (χ0n) is 13.7. The summed E-state index contributed by atoms with van der Waals surface area (Å²) >= 11 is 0. The van der Waals surface area contributed by atoms with Crippen molar-refractivity contribution in [3.63, 3.8) is 0 Å². The van der Waals surface area contributed by atoms with E-state index in [1.807, 2.05) is 50.2 Å². The molecule has 0 saturated carbocycles. The molecule has 0 atom stereocenters. The van der Waals surface area contributed by atoms with Crippen LogP contribution >= 0.6 is 0 Å². The lowest BCUT2D eigenvalue weighted by atomic mass is 9.92. The van der Waals surface area contributed by atoms with E-state index in [-0.39, 0.29) is 11.7 Å². The molecule has 0 unspecified atom stereocenters. The minimum absolute atomic E-state index is 0.176. The fourth-order valence-electron chi connectivity index (χ4n) is 2.76. The van der Waals surface area contributed by atoms with Gasteiger partial charge in [-0.05, 0) is 41.8 Å². The van der Waals surface area contributed by atoms with Crippen molar-refractivity contribution in [1.82, 2.24) is 4.98 Å². The molecular weight excluding hydrogens is 301 g/mol. The Labute approximate surface area is 141 Å². The van der Waals surface area contributed by atoms with Crippen molar-refractivity contribution in [2.45, 2.75) is 19.8 Å². The number of halogens is 1. The van der Waals surface area contributed by atoms with Gasteiger partial charge >= 0.3 is 0 Å². The smallest absolute Gasteiger partial charge is 0.152 e. The molecule has 3 aromatic rings. The van der Waals surface area contributed by atoms with Gasteiger partial charge in [0.25, 0.3) is 0 Å². The molecule has 0 amide bonds. The molecule has 0 radical (unpaired) electrons. The molecule has 3 rings (SSSR count). The summed E-state index contributed by atoms with van der Waals surface area (Å²) in [6, 6.07) is 17.9. The summed E-state index contributed by atoms with van der Waals surface area (Å²) in [5.74, 6) is -0.135. The van der Waals surface area contributed by atoms with E-state index < -0.39 is 0 Å². The van der Waals surface area contributed by atoms with Gasteiger partial charge in [-0.2, -0.15) is 0 Å². The maximum atomic E-state index is 13.2. The van der Waals surface area contributed by atoms with Gasteiger partial charge in [0, 0.05) is 16.7 Å². The minimum Gasteiger partial charge on any atom is -0.298 e. The van der Waals surface area contributed by atoms with Crippen molar-refractivity contribution in [3.8, 4) is 22.5 Å². The number of pyridine rings is 1. The number of carbonyl (C=O) groups excluding carboxylic acids is 1. The molecule has 0 aliphatic carbocycles. The van der Waals surface area contributed by atoms with E-state index in [4.69, 9.17) is 4.98 Å². The molecule has 120 valence electrons. The van der Waals surface area contributed by atoms with Crippen LogP contribution in [0.5, 0.6) is 0 Å². The topological polar surface area (TPSA) is 30.0 Å². The molecule has 2 nitrogen and oxygen atoms in total. The van der Waals surface area contributed by atoms with Gasteiger partial charge in [-0.1, -0.05) is 44.2 Å². The summed E-state index contributed by atoms with van der Waals surface area (Å²) in [7, 11) is 0. The minimum atomic E-state index is -0.310. The first-order valence-corrected chi connectivity index (χ1v) is 7.91. The van der Waals surface area contributed by atoms with Crippen LogP contribution in [0.25, 0.3) is 22.5 Å². The van der Waals surface area contributed by atoms with Gasteiger partial charge in [-0.25, -0.2) is 9.37 Å². The molecule has 24 heavy (non-hydrogen) atoms. The maximum absolute atomic E-state index is 13.2. The lowest BCUT2D eigenvalue weighted by Crippen LogP contribution is -2.03. The van der Waals surface area contributed by atoms with E-state index in [2.05, 4.69) is 0 Å². The third-order valence-corrected chi connectivity index (χ3v) is 4.02. The van der Waals surface area contributed by atoms with Crippen molar-refractivity contribution in [3.05, 3.63) is 77.6 Å². The molecule has 1 aromatic heterocycles. The first-order valence-electron chi connectivity index (χ1n) is 7.91. The lowest BCUT2D eigenvalue weighted by Gasteiger charge is -2.15. The number of hydrogen-bond donors (Lipinski definition) is 0. The van der Waals surface area contributed by atoms with Gasteiger partial charge in [0.05, 0.1) is 11.4 Å². The quantitative estimate of drug-likeness (QED) is 0.595. The number of nitrogens with zero attached hydrogens (tertiary/aromatic N) is 1. The van der Waals surface area contributed by atoms with Crippen LogP contribution in [-0.4, -0.2) is 11.3 Å². The van der Waals surface area contributed by atoms with Crippen molar-refractivity contribution in [2.75, 3.05) is 0 Å². The summed E-state index contributed by atoms with van der Waals surface area (Å²) in [6.45, 7) is 4.09. The number of carbonyl (C=O) groups is 1. The predicted molar refractivity (Wildman–Crippen MR) is 94.5 cm³/mol. The number of aromatic nitrogens is 1. The standard InChI is InChI=1S/C21H18FNO/c1-14(2)18-12-20(15-6-4-3-5-7-15)23-21(19(18)13-24)16-8-10-17(22)11-9-16/h3-14H,1-2H3. The third-order valence-electron chi connectivity index (χ3n) is 4.02. The highest BCUT2D eigenvalue weighted by Gasteiger charge is 2.17. The Bertz CT molecular complexity index is 855. The summed E-state index contributed by atoms with van der Waals surface area (Å²) in [5, 5.41) is 0. The first-order chi connectivity index (χ1) is 11.6. The van der Waals surface area contributed by atoms with Crippen LogP contribution in [-0.2, 0) is 0 Å². The summed E-state index contributed by atoms with van der Waals surface area (Å²) in [4.78, 5) is 16.4. The first kappa shape index (κ1) is 16.1. The third kappa shape index (κ3) is 3.11. The van der Waals surface area contributed by atoms with Crippen LogP contribution in [0.3, 0.4) is 0 Å². The second kappa shape index (κ2) is 6.75. The zero-order chi connectivity index (χ0) is 17.1. The van der Waals surface area contributed by atoms with Gasteiger partial charge in [0.15, 0.2) is 6.29 Å². The van der Waals surface area contributed by atoms with Crippen LogP contribution in [0.1, 0.15) is 35.7 Å². The van der Waals surface area contributed by atoms with E-state index >= 15 is 0 Å². The molecule has 0 bridgehead atoms. The number of rotatable bonds is 4. The maximum Gasteiger partial charge on any atom is 0.152 e. The van der Waals surface area contributed by atoms with E-state index in [0.717, 1.165) is 28.7 Å². The normalized spacial score (nSPS) is 10.8. The van der Waals surface area contributed by atoms with Crippen molar-refractivity contribution in [1.29, 1.82) is 0 Å². The Morgan fingerprint density at radius 1 is 0.958 bits per heavy atom. The molecular formula is C21H18FNO. The summed E-state index contributed by atoms with van der Waals surface area (Å²) in [6.07, 6.45) is 0.843. The van der Waals surface area contributed by atoms with Crippen LogP contribution in [0.2, 0.25) is 0 Å². The molecule has 0 spiro atoms. The monoisotopic (exact) mass is 319 g/mol. The molecule has 0 saturated heterocycles. The Balaban J connectivity index is 2.27. The van der Waals surface area contributed by atoms with E-state index in [0.29, 0.717) is 11.3 Å². The Kier molecular flexibility index (Phi) is 4.52. The summed E-state index contributed by atoms with van der Waals surface area (Å²) in [5.41, 5.74) is 4.63. The second-order valence-electron chi connectivity index (χ2n) is 6.00. The molecule has 0 fully saturated rings. The molecule has 0 N–H and O–H groups in total. The average Bonchev–Trinajstić information content (AvgIpc) is 2.62. The SMILES string of the molecule is CC(C)c1cc(-c2ccccc2)nc(-c2ccc(F)cc2)c1C=O. The number of benzene rings is 2. The Morgan fingerprint density at radius 3 is 2.21 bits per heavy atom. The Morgan fingerprint density at radius 2 is 1.62 bits per heavy atom. The highest BCUT2D eigenvalue weighted by molar-refractivity contribution is 5.89. The van der Waals surface area contributed by atoms with Crippen molar-refractivity contribution in [2.24, 2.45) is 0 Å². The van der Waals surface area contributed by atoms with Crippen LogP contribution < -0.4 is 0 Å². The number of aldehydes is 1. The van der Waals surface area contributed by atoms with Gasteiger partial charge in [-0.3, -0.25) is 4.79 Å². The molecule has 1 heterocycles.